The van der Waals surface area contributed by atoms with Crippen molar-refractivity contribution in [3.63, 3.8) is 0 Å². The van der Waals surface area contributed by atoms with Crippen LogP contribution >= 0.6 is 0 Å². The first kappa shape index (κ1) is 11.9. The first-order chi connectivity index (χ1) is 8.18. The lowest BCUT2D eigenvalue weighted by Gasteiger charge is -2.38. The Balaban J connectivity index is 2.26. The lowest BCUT2D eigenvalue weighted by Crippen LogP contribution is -2.45. The summed E-state index contributed by atoms with van der Waals surface area (Å²) in [6, 6.07) is 8.91. The second-order valence-electron chi connectivity index (χ2n) is 4.83. The fraction of sp³-hybridized carbons (Fsp3) is 0.500. The summed E-state index contributed by atoms with van der Waals surface area (Å²) in [5, 5.41) is 12.6. The topological polar surface area (TPSA) is 35.8 Å². The molecule has 2 rings (SSSR count). The van der Waals surface area contributed by atoms with Crippen molar-refractivity contribution in [2.75, 3.05) is 5.32 Å². The summed E-state index contributed by atoms with van der Waals surface area (Å²) in [7, 11) is 0. The lowest BCUT2D eigenvalue weighted by atomic mass is 9.74. The van der Waals surface area contributed by atoms with Crippen molar-refractivity contribution in [2.45, 2.75) is 38.1 Å². The van der Waals surface area contributed by atoms with Crippen LogP contribution < -0.4 is 5.32 Å². The number of anilines is 1. The molecular weight excluding hydrogens is 215 g/mol. The van der Waals surface area contributed by atoms with E-state index in [-0.39, 0.29) is 11.7 Å². The Kier molecular flexibility index (Phi) is 3.33. The first-order valence-corrected chi connectivity index (χ1v) is 6.12. The van der Waals surface area contributed by atoms with Crippen molar-refractivity contribution in [3.05, 3.63) is 30.1 Å². The van der Waals surface area contributed by atoms with Gasteiger partial charge in [-0.1, -0.05) is 31.9 Å². The van der Waals surface area contributed by atoms with Gasteiger partial charge in [0, 0.05) is 0 Å². The van der Waals surface area contributed by atoms with E-state index >= 15 is 0 Å². The average molecular weight is 232 g/mol. The van der Waals surface area contributed by atoms with Crippen LogP contribution in [0.4, 0.5) is 10.1 Å². The van der Waals surface area contributed by atoms with Crippen LogP contribution in [-0.4, -0.2) is 5.54 Å². The molecule has 1 N–H and O–H groups in total. The highest BCUT2D eigenvalue weighted by atomic mass is 19.1. The summed E-state index contributed by atoms with van der Waals surface area (Å²) in [6.45, 7) is 2.07. The Morgan fingerprint density at radius 3 is 2.82 bits per heavy atom. The Labute approximate surface area is 101 Å². The second kappa shape index (κ2) is 4.75. The zero-order valence-corrected chi connectivity index (χ0v) is 10.0. The van der Waals surface area contributed by atoms with E-state index in [9.17, 15) is 9.65 Å². The maximum absolute atomic E-state index is 13.6. The molecule has 3 heteroatoms. The number of para-hydroxylation sites is 1. The zero-order chi connectivity index (χ0) is 12.3. The van der Waals surface area contributed by atoms with Crippen LogP contribution in [0.25, 0.3) is 0 Å². The third-order valence-corrected chi connectivity index (χ3v) is 3.73. The van der Waals surface area contributed by atoms with Gasteiger partial charge in [-0.2, -0.15) is 5.26 Å². The highest BCUT2D eigenvalue weighted by molar-refractivity contribution is 5.49. The molecule has 0 heterocycles. The molecule has 1 aromatic rings. The lowest BCUT2D eigenvalue weighted by molar-refractivity contribution is 0.286. The van der Waals surface area contributed by atoms with Crippen LogP contribution in [0.1, 0.15) is 32.6 Å². The van der Waals surface area contributed by atoms with Crippen molar-refractivity contribution in [1.82, 2.24) is 0 Å². The predicted octanol–water partition coefficient (Wildman–Crippen LogP) is 3.71. The normalized spacial score (nSPS) is 28.4. The number of rotatable bonds is 2. The summed E-state index contributed by atoms with van der Waals surface area (Å²) < 4.78 is 13.6. The second-order valence-corrected chi connectivity index (χ2v) is 4.83. The van der Waals surface area contributed by atoms with E-state index in [1.54, 1.807) is 18.2 Å². The molecule has 1 aliphatic rings. The monoisotopic (exact) mass is 232 g/mol. The van der Waals surface area contributed by atoms with Crippen LogP contribution in [0.2, 0.25) is 0 Å². The third kappa shape index (κ3) is 2.26. The van der Waals surface area contributed by atoms with Crippen LogP contribution in [0.3, 0.4) is 0 Å². The standard InChI is InChI=1S/C14H17FN2/c1-11-6-4-5-9-14(11,10-16)17-13-8-3-2-7-12(13)15/h2-3,7-8,11,17H,4-6,9H2,1H3. The van der Waals surface area contributed by atoms with Crippen LogP contribution in [0, 0.1) is 23.1 Å². The molecule has 2 nitrogen and oxygen atoms in total. The molecule has 0 aromatic heterocycles. The maximum atomic E-state index is 13.6. The van der Waals surface area contributed by atoms with Crippen LogP contribution in [0.15, 0.2) is 24.3 Å². The van der Waals surface area contributed by atoms with Gasteiger partial charge in [-0.05, 0) is 30.9 Å². The van der Waals surface area contributed by atoms with E-state index in [2.05, 4.69) is 18.3 Å². The number of benzene rings is 1. The molecule has 0 bridgehead atoms. The van der Waals surface area contributed by atoms with Crippen molar-refractivity contribution >= 4 is 5.69 Å². The van der Waals surface area contributed by atoms with Crippen molar-refractivity contribution in [2.24, 2.45) is 5.92 Å². The number of nitrogens with zero attached hydrogens (tertiary/aromatic N) is 1. The molecule has 2 atom stereocenters. The van der Waals surface area contributed by atoms with Crippen LogP contribution in [0.5, 0.6) is 0 Å². The maximum Gasteiger partial charge on any atom is 0.146 e. The smallest absolute Gasteiger partial charge is 0.146 e. The van der Waals surface area contributed by atoms with Gasteiger partial charge in [-0.25, -0.2) is 4.39 Å². The Hall–Kier alpha value is -1.56. The summed E-state index contributed by atoms with van der Waals surface area (Å²) in [5.41, 5.74) is -0.178. The molecule has 0 saturated heterocycles. The number of hydrogen-bond acceptors (Lipinski definition) is 2. The molecule has 0 radical (unpaired) electrons. The van der Waals surface area contributed by atoms with Crippen molar-refractivity contribution in [3.8, 4) is 6.07 Å². The number of hydrogen-bond donors (Lipinski definition) is 1. The Morgan fingerprint density at radius 2 is 2.18 bits per heavy atom. The highest BCUT2D eigenvalue weighted by Crippen LogP contribution is 2.36. The minimum atomic E-state index is -0.611. The van der Waals surface area contributed by atoms with E-state index in [4.69, 9.17) is 0 Å². The van der Waals surface area contributed by atoms with Gasteiger partial charge in [-0.15, -0.1) is 0 Å². The largest absolute Gasteiger partial charge is 0.365 e. The van der Waals surface area contributed by atoms with E-state index in [1.807, 2.05) is 0 Å². The zero-order valence-electron chi connectivity index (χ0n) is 10.0. The van der Waals surface area contributed by atoms with Gasteiger partial charge in [0.25, 0.3) is 0 Å². The SMILES string of the molecule is CC1CCCCC1(C#N)Nc1ccccc1F. The van der Waals surface area contributed by atoms with Gasteiger partial charge < -0.3 is 5.32 Å². The van der Waals surface area contributed by atoms with Crippen molar-refractivity contribution < 1.29 is 4.39 Å². The molecular formula is C14H17FN2. The molecule has 0 aliphatic heterocycles. The summed E-state index contributed by atoms with van der Waals surface area (Å²) >= 11 is 0. The Morgan fingerprint density at radius 1 is 1.41 bits per heavy atom. The predicted molar refractivity (Wildman–Crippen MR) is 66.0 cm³/mol. The summed E-state index contributed by atoms with van der Waals surface area (Å²) in [6.07, 6.45) is 4.00. The van der Waals surface area contributed by atoms with E-state index in [1.165, 1.54) is 6.07 Å². The van der Waals surface area contributed by atoms with Gasteiger partial charge in [0.05, 0.1) is 11.8 Å². The van der Waals surface area contributed by atoms with Crippen LogP contribution in [-0.2, 0) is 0 Å². The molecule has 0 amide bonds. The average Bonchev–Trinajstić information content (AvgIpc) is 2.35. The minimum absolute atomic E-state index is 0.251. The Bertz CT molecular complexity index is 438. The van der Waals surface area contributed by atoms with Gasteiger partial charge in [0.15, 0.2) is 0 Å². The molecule has 1 aliphatic carbocycles. The minimum Gasteiger partial charge on any atom is -0.365 e. The van der Waals surface area contributed by atoms with Gasteiger partial charge >= 0.3 is 0 Å². The van der Waals surface area contributed by atoms with Gasteiger partial charge in [0.1, 0.15) is 11.4 Å². The first-order valence-electron chi connectivity index (χ1n) is 6.12. The third-order valence-electron chi connectivity index (χ3n) is 3.73. The fourth-order valence-electron chi connectivity index (χ4n) is 2.53. The number of nitriles is 1. The molecule has 1 saturated carbocycles. The highest BCUT2D eigenvalue weighted by Gasteiger charge is 2.38. The quantitative estimate of drug-likeness (QED) is 0.843. The molecule has 1 fully saturated rings. The van der Waals surface area contributed by atoms with Gasteiger partial charge in [-0.3, -0.25) is 0 Å². The molecule has 1 aromatic carbocycles. The van der Waals surface area contributed by atoms with Crippen molar-refractivity contribution in [1.29, 1.82) is 5.26 Å². The summed E-state index contributed by atoms with van der Waals surface area (Å²) in [4.78, 5) is 0. The molecule has 90 valence electrons. The summed E-state index contributed by atoms with van der Waals surface area (Å²) in [5.74, 6) is -0.0410. The number of halogens is 1. The van der Waals surface area contributed by atoms with Gasteiger partial charge in [0.2, 0.25) is 0 Å². The molecule has 0 spiro atoms. The van der Waals surface area contributed by atoms with E-state index in [0.29, 0.717) is 5.69 Å². The van der Waals surface area contributed by atoms with E-state index < -0.39 is 5.54 Å². The number of nitrogens with one attached hydrogen (secondary N) is 1. The molecule has 17 heavy (non-hydrogen) atoms. The fourth-order valence-corrected chi connectivity index (χ4v) is 2.53. The molecule has 2 unspecified atom stereocenters. The van der Waals surface area contributed by atoms with E-state index in [0.717, 1.165) is 25.7 Å².